The SMILES string of the molecule is Cc1ccc(NS(C)(=O)=O)cc1Br. The zero-order valence-corrected chi connectivity index (χ0v) is 9.74. The highest BCUT2D eigenvalue weighted by atomic mass is 79.9. The molecule has 0 saturated heterocycles. The van der Waals surface area contributed by atoms with Crippen molar-refractivity contribution in [1.82, 2.24) is 0 Å². The summed E-state index contributed by atoms with van der Waals surface area (Å²) in [6.07, 6.45) is 1.13. The Balaban J connectivity index is 2.99. The van der Waals surface area contributed by atoms with E-state index in [0.717, 1.165) is 16.3 Å². The van der Waals surface area contributed by atoms with Gasteiger partial charge >= 0.3 is 0 Å². The number of anilines is 1. The summed E-state index contributed by atoms with van der Waals surface area (Å²) < 4.78 is 25.0. The molecule has 0 saturated carbocycles. The molecule has 0 amide bonds. The van der Waals surface area contributed by atoms with Gasteiger partial charge in [0.15, 0.2) is 0 Å². The van der Waals surface area contributed by atoms with Crippen molar-refractivity contribution in [1.29, 1.82) is 0 Å². The minimum atomic E-state index is -3.18. The topological polar surface area (TPSA) is 46.2 Å². The molecule has 1 aromatic rings. The summed E-state index contributed by atoms with van der Waals surface area (Å²) in [7, 11) is -3.18. The Kier molecular flexibility index (Phi) is 2.98. The Morgan fingerprint density at radius 3 is 2.46 bits per heavy atom. The first-order chi connectivity index (χ1) is 5.88. The minimum Gasteiger partial charge on any atom is -0.284 e. The highest BCUT2D eigenvalue weighted by Crippen LogP contribution is 2.20. The summed E-state index contributed by atoms with van der Waals surface area (Å²) in [5, 5.41) is 0. The average Bonchev–Trinajstić information content (AvgIpc) is 1.94. The van der Waals surface area contributed by atoms with Crippen LogP contribution in [0.2, 0.25) is 0 Å². The molecule has 0 aliphatic rings. The van der Waals surface area contributed by atoms with Crippen LogP contribution in [0, 0.1) is 6.92 Å². The van der Waals surface area contributed by atoms with Crippen LogP contribution in [0.1, 0.15) is 5.56 Å². The second-order valence-corrected chi connectivity index (χ2v) is 5.44. The smallest absolute Gasteiger partial charge is 0.229 e. The van der Waals surface area contributed by atoms with Crippen LogP contribution in [-0.2, 0) is 10.0 Å². The highest BCUT2D eigenvalue weighted by molar-refractivity contribution is 9.10. The fourth-order valence-electron chi connectivity index (χ4n) is 0.870. The normalized spacial score (nSPS) is 11.3. The van der Waals surface area contributed by atoms with Gasteiger partial charge < -0.3 is 0 Å². The third-order valence-electron chi connectivity index (χ3n) is 1.48. The predicted octanol–water partition coefficient (Wildman–Crippen LogP) is 2.13. The standard InChI is InChI=1S/C8H10BrNO2S/c1-6-3-4-7(5-8(6)9)10-13(2,11)12/h3-5,10H,1-2H3. The molecule has 72 valence electrons. The number of halogens is 1. The third-order valence-corrected chi connectivity index (χ3v) is 2.94. The van der Waals surface area contributed by atoms with E-state index < -0.39 is 10.0 Å². The Morgan fingerprint density at radius 2 is 2.00 bits per heavy atom. The fraction of sp³-hybridized carbons (Fsp3) is 0.250. The molecule has 0 radical (unpaired) electrons. The van der Waals surface area contributed by atoms with E-state index in [-0.39, 0.29) is 0 Å². The number of hydrogen-bond donors (Lipinski definition) is 1. The van der Waals surface area contributed by atoms with Crippen molar-refractivity contribution in [2.45, 2.75) is 6.92 Å². The fourth-order valence-corrected chi connectivity index (χ4v) is 1.80. The van der Waals surface area contributed by atoms with E-state index in [4.69, 9.17) is 0 Å². The van der Waals surface area contributed by atoms with Crippen LogP contribution >= 0.6 is 15.9 Å². The van der Waals surface area contributed by atoms with Crippen LogP contribution in [0.4, 0.5) is 5.69 Å². The monoisotopic (exact) mass is 263 g/mol. The van der Waals surface area contributed by atoms with Gasteiger partial charge in [0.25, 0.3) is 0 Å². The van der Waals surface area contributed by atoms with E-state index in [1.165, 1.54) is 0 Å². The van der Waals surface area contributed by atoms with Crippen LogP contribution in [0.25, 0.3) is 0 Å². The summed E-state index contributed by atoms with van der Waals surface area (Å²) in [6, 6.07) is 5.30. The first-order valence-corrected chi connectivity index (χ1v) is 6.31. The van der Waals surface area contributed by atoms with E-state index in [1.807, 2.05) is 13.0 Å². The van der Waals surface area contributed by atoms with Gasteiger partial charge in [0, 0.05) is 10.2 Å². The van der Waals surface area contributed by atoms with E-state index in [2.05, 4.69) is 20.7 Å². The van der Waals surface area contributed by atoms with Crippen molar-refractivity contribution >= 4 is 31.6 Å². The molecule has 0 aliphatic heterocycles. The molecule has 0 unspecified atom stereocenters. The average molecular weight is 264 g/mol. The zero-order valence-electron chi connectivity index (χ0n) is 7.33. The molecule has 0 aliphatic carbocycles. The Morgan fingerprint density at radius 1 is 1.38 bits per heavy atom. The molecule has 0 bridgehead atoms. The molecular formula is C8H10BrNO2S. The van der Waals surface area contributed by atoms with Gasteiger partial charge in [-0.05, 0) is 24.6 Å². The zero-order chi connectivity index (χ0) is 10.1. The lowest BCUT2D eigenvalue weighted by molar-refractivity contribution is 0.607. The molecule has 3 nitrogen and oxygen atoms in total. The summed E-state index contributed by atoms with van der Waals surface area (Å²) in [4.78, 5) is 0. The van der Waals surface area contributed by atoms with Crippen LogP contribution < -0.4 is 4.72 Å². The number of nitrogens with one attached hydrogen (secondary N) is 1. The van der Waals surface area contributed by atoms with Gasteiger partial charge in [0.05, 0.1) is 6.26 Å². The van der Waals surface area contributed by atoms with Crippen molar-refractivity contribution in [3.05, 3.63) is 28.2 Å². The summed E-state index contributed by atoms with van der Waals surface area (Å²) in [5.41, 5.74) is 1.64. The van der Waals surface area contributed by atoms with Gasteiger partial charge in [-0.15, -0.1) is 0 Å². The van der Waals surface area contributed by atoms with Crippen molar-refractivity contribution < 1.29 is 8.42 Å². The summed E-state index contributed by atoms with van der Waals surface area (Å²) in [6.45, 7) is 1.94. The molecule has 0 aromatic heterocycles. The molecule has 1 rings (SSSR count). The van der Waals surface area contributed by atoms with Crippen LogP contribution in [0.3, 0.4) is 0 Å². The second kappa shape index (κ2) is 3.67. The largest absolute Gasteiger partial charge is 0.284 e. The van der Waals surface area contributed by atoms with E-state index >= 15 is 0 Å². The Labute approximate surface area is 86.3 Å². The molecule has 0 spiro atoms. The lowest BCUT2D eigenvalue weighted by Gasteiger charge is -2.05. The van der Waals surface area contributed by atoms with Crippen molar-refractivity contribution in [3.8, 4) is 0 Å². The van der Waals surface area contributed by atoms with Crippen molar-refractivity contribution in [2.75, 3.05) is 11.0 Å². The summed E-state index contributed by atoms with van der Waals surface area (Å²) in [5.74, 6) is 0. The van der Waals surface area contributed by atoms with Gasteiger partial charge in [0.1, 0.15) is 0 Å². The molecule has 5 heteroatoms. The molecule has 13 heavy (non-hydrogen) atoms. The molecule has 0 heterocycles. The van der Waals surface area contributed by atoms with E-state index in [0.29, 0.717) is 5.69 Å². The lowest BCUT2D eigenvalue weighted by atomic mass is 10.2. The molecule has 1 N–H and O–H groups in total. The van der Waals surface area contributed by atoms with E-state index in [9.17, 15) is 8.42 Å². The molecular weight excluding hydrogens is 254 g/mol. The molecule has 0 atom stereocenters. The van der Waals surface area contributed by atoms with Gasteiger partial charge in [-0.25, -0.2) is 8.42 Å². The second-order valence-electron chi connectivity index (χ2n) is 2.84. The Bertz CT molecular complexity index is 414. The highest BCUT2D eigenvalue weighted by Gasteiger charge is 2.02. The number of benzene rings is 1. The first kappa shape index (κ1) is 10.5. The summed E-state index contributed by atoms with van der Waals surface area (Å²) >= 11 is 3.32. The number of hydrogen-bond acceptors (Lipinski definition) is 2. The lowest BCUT2D eigenvalue weighted by Crippen LogP contribution is -2.09. The van der Waals surface area contributed by atoms with Gasteiger partial charge in [-0.2, -0.15) is 0 Å². The quantitative estimate of drug-likeness (QED) is 0.889. The van der Waals surface area contributed by atoms with E-state index in [1.54, 1.807) is 12.1 Å². The number of rotatable bonds is 2. The third kappa shape index (κ3) is 3.36. The molecule has 1 aromatic carbocycles. The van der Waals surface area contributed by atoms with Crippen molar-refractivity contribution in [3.63, 3.8) is 0 Å². The number of aryl methyl sites for hydroxylation is 1. The van der Waals surface area contributed by atoms with Crippen molar-refractivity contribution in [2.24, 2.45) is 0 Å². The van der Waals surface area contributed by atoms with Gasteiger partial charge in [0.2, 0.25) is 10.0 Å². The predicted molar refractivity (Wildman–Crippen MR) is 57.3 cm³/mol. The number of sulfonamides is 1. The van der Waals surface area contributed by atoms with Crippen LogP contribution in [0.5, 0.6) is 0 Å². The maximum atomic E-state index is 10.9. The van der Waals surface area contributed by atoms with Gasteiger partial charge in [-0.3, -0.25) is 4.72 Å². The minimum absolute atomic E-state index is 0.569. The van der Waals surface area contributed by atoms with Gasteiger partial charge in [-0.1, -0.05) is 22.0 Å². The van der Waals surface area contributed by atoms with Crippen LogP contribution in [0.15, 0.2) is 22.7 Å². The van der Waals surface area contributed by atoms with Crippen LogP contribution in [-0.4, -0.2) is 14.7 Å². The maximum absolute atomic E-state index is 10.9. The first-order valence-electron chi connectivity index (χ1n) is 3.62. The molecule has 0 fully saturated rings. The Hall–Kier alpha value is -0.550. The maximum Gasteiger partial charge on any atom is 0.229 e.